The van der Waals surface area contributed by atoms with E-state index in [2.05, 4.69) is 46.3 Å². The van der Waals surface area contributed by atoms with Crippen LogP contribution in [0.4, 0.5) is 5.69 Å². The average Bonchev–Trinajstić information content (AvgIpc) is 3.29. The number of benzene rings is 1. The molecule has 0 atom stereocenters. The van der Waals surface area contributed by atoms with Gasteiger partial charge < -0.3 is 9.80 Å². The van der Waals surface area contributed by atoms with Crippen molar-refractivity contribution in [1.29, 1.82) is 0 Å². The lowest BCUT2D eigenvalue weighted by molar-refractivity contribution is 0.0761. The van der Waals surface area contributed by atoms with Crippen LogP contribution in [0.3, 0.4) is 0 Å². The van der Waals surface area contributed by atoms with E-state index in [1.807, 2.05) is 27.8 Å². The third kappa shape index (κ3) is 3.37. The number of aromatic nitrogens is 2. The van der Waals surface area contributed by atoms with Gasteiger partial charge in [0.25, 0.3) is 5.91 Å². The fourth-order valence-corrected chi connectivity index (χ4v) is 4.09. The van der Waals surface area contributed by atoms with E-state index in [1.54, 1.807) is 11.3 Å². The molecule has 0 spiro atoms. The number of carbonyl (C=O) groups is 1. The van der Waals surface area contributed by atoms with Crippen LogP contribution in [-0.4, -0.2) is 47.2 Å². The number of carbonyl (C=O) groups excluding carboxylic acids is 1. The topological polar surface area (TPSA) is 52.2 Å². The van der Waals surface area contributed by atoms with Crippen LogP contribution in [0.1, 0.15) is 22.5 Å². The smallest absolute Gasteiger partial charge is 0.271 e. The summed E-state index contributed by atoms with van der Waals surface area (Å²) < 4.78 is 0. The molecular weight excluding hydrogens is 344 g/mol. The minimum atomic E-state index is 0.0330. The van der Waals surface area contributed by atoms with Crippen LogP contribution in [0.25, 0.3) is 11.3 Å². The maximum atomic E-state index is 12.9. The Morgan fingerprint density at radius 1 is 1.15 bits per heavy atom. The summed E-state index contributed by atoms with van der Waals surface area (Å²) >= 11 is 1.63. The monoisotopic (exact) mass is 366 g/mol. The summed E-state index contributed by atoms with van der Waals surface area (Å²) in [6.07, 6.45) is 0.964. The molecule has 3 aromatic rings. The van der Waals surface area contributed by atoms with E-state index in [1.165, 1.54) is 11.3 Å². The molecule has 1 saturated heterocycles. The Morgan fingerprint density at radius 3 is 2.85 bits per heavy atom. The summed E-state index contributed by atoms with van der Waals surface area (Å²) in [5, 5.41) is 11.3. The molecule has 134 valence electrons. The molecule has 0 radical (unpaired) electrons. The van der Waals surface area contributed by atoms with Gasteiger partial charge >= 0.3 is 0 Å². The highest BCUT2D eigenvalue weighted by Gasteiger charge is 2.22. The first kappa shape index (κ1) is 16.8. The zero-order valence-corrected chi connectivity index (χ0v) is 15.6. The number of hydrogen-bond donors (Lipinski definition) is 1. The van der Waals surface area contributed by atoms with E-state index in [-0.39, 0.29) is 5.91 Å². The molecule has 1 N–H and O–H groups in total. The van der Waals surface area contributed by atoms with Crippen molar-refractivity contribution >= 4 is 22.9 Å². The molecule has 3 heterocycles. The van der Waals surface area contributed by atoms with Crippen LogP contribution >= 0.6 is 11.3 Å². The summed E-state index contributed by atoms with van der Waals surface area (Å²) in [6, 6.07) is 12.3. The molecule has 0 bridgehead atoms. The number of aryl methyl sites for hydroxylation is 1. The molecule has 0 unspecified atom stereocenters. The molecule has 1 aliphatic heterocycles. The van der Waals surface area contributed by atoms with E-state index in [0.717, 1.165) is 43.9 Å². The second-order valence-corrected chi connectivity index (χ2v) is 7.38. The molecule has 6 heteroatoms. The van der Waals surface area contributed by atoms with Crippen LogP contribution in [0.5, 0.6) is 0 Å². The number of nitrogens with one attached hydrogen (secondary N) is 1. The second kappa shape index (κ2) is 7.33. The Kier molecular flexibility index (Phi) is 4.75. The fraction of sp³-hybridized carbons (Fsp3) is 0.300. The SMILES string of the molecule is Cc1ccccc1N1CCCN(C(=O)c2cc(-c3ccsc3)n[nH]2)CC1. The zero-order valence-electron chi connectivity index (χ0n) is 14.8. The largest absolute Gasteiger partial charge is 0.369 e. The van der Waals surface area contributed by atoms with Crippen molar-refractivity contribution in [1.82, 2.24) is 15.1 Å². The van der Waals surface area contributed by atoms with Crippen molar-refractivity contribution in [2.75, 3.05) is 31.1 Å². The van der Waals surface area contributed by atoms with Crippen LogP contribution in [0.2, 0.25) is 0 Å². The highest BCUT2D eigenvalue weighted by molar-refractivity contribution is 7.08. The Balaban J connectivity index is 1.46. The Bertz CT molecular complexity index is 887. The van der Waals surface area contributed by atoms with Crippen LogP contribution in [0, 0.1) is 6.92 Å². The molecule has 1 aromatic carbocycles. The van der Waals surface area contributed by atoms with E-state index < -0.39 is 0 Å². The lowest BCUT2D eigenvalue weighted by Gasteiger charge is -2.25. The van der Waals surface area contributed by atoms with E-state index in [4.69, 9.17) is 0 Å². The number of hydrogen-bond acceptors (Lipinski definition) is 4. The Morgan fingerprint density at radius 2 is 2.04 bits per heavy atom. The van der Waals surface area contributed by atoms with Gasteiger partial charge in [-0.15, -0.1) is 0 Å². The summed E-state index contributed by atoms with van der Waals surface area (Å²) in [5.41, 5.74) is 4.98. The summed E-state index contributed by atoms with van der Waals surface area (Å²) in [6.45, 7) is 5.45. The van der Waals surface area contributed by atoms with Gasteiger partial charge in [-0.25, -0.2) is 0 Å². The van der Waals surface area contributed by atoms with Crippen molar-refractivity contribution in [2.45, 2.75) is 13.3 Å². The highest BCUT2D eigenvalue weighted by Crippen LogP contribution is 2.23. The van der Waals surface area contributed by atoms with Gasteiger partial charge in [0, 0.05) is 42.8 Å². The van der Waals surface area contributed by atoms with Gasteiger partial charge in [0.1, 0.15) is 5.69 Å². The molecule has 26 heavy (non-hydrogen) atoms. The number of para-hydroxylation sites is 1. The number of rotatable bonds is 3. The minimum absolute atomic E-state index is 0.0330. The standard InChI is InChI=1S/C20H22N4OS/c1-15-5-2-3-6-19(15)23-8-4-9-24(11-10-23)20(25)18-13-17(21-22-18)16-7-12-26-14-16/h2-3,5-7,12-14H,4,8-11H2,1H3,(H,21,22). The third-order valence-electron chi connectivity index (χ3n) is 4.86. The van der Waals surface area contributed by atoms with Crippen molar-refractivity contribution in [3.63, 3.8) is 0 Å². The summed E-state index contributed by atoms with van der Waals surface area (Å²) in [4.78, 5) is 17.2. The minimum Gasteiger partial charge on any atom is -0.369 e. The molecule has 2 aromatic heterocycles. The van der Waals surface area contributed by atoms with Crippen LogP contribution in [-0.2, 0) is 0 Å². The predicted molar refractivity (Wildman–Crippen MR) is 106 cm³/mol. The van der Waals surface area contributed by atoms with Gasteiger partial charge in [-0.3, -0.25) is 9.89 Å². The van der Waals surface area contributed by atoms with Crippen LogP contribution in [0.15, 0.2) is 47.2 Å². The quantitative estimate of drug-likeness (QED) is 0.767. The maximum absolute atomic E-state index is 12.9. The first-order chi connectivity index (χ1) is 12.7. The van der Waals surface area contributed by atoms with Gasteiger partial charge in [-0.1, -0.05) is 18.2 Å². The molecule has 0 aliphatic carbocycles. The van der Waals surface area contributed by atoms with Crippen molar-refractivity contribution < 1.29 is 4.79 Å². The Labute approximate surface area is 157 Å². The van der Waals surface area contributed by atoms with Crippen molar-refractivity contribution in [2.24, 2.45) is 0 Å². The Hall–Kier alpha value is -2.60. The van der Waals surface area contributed by atoms with E-state index in [9.17, 15) is 4.79 Å². The number of aromatic amines is 1. The average molecular weight is 366 g/mol. The lowest BCUT2D eigenvalue weighted by Crippen LogP contribution is -2.35. The number of thiophene rings is 1. The third-order valence-corrected chi connectivity index (χ3v) is 5.55. The van der Waals surface area contributed by atoms with Gasteiger partial charge in [-0.2, -0.15) is 16.4 Å². The molecular formula is C20H22N4OS. The molecule has 0 saturated carbocycles. The lowest BCUT2D eigenvalue weighted by atomic mass is 10.2. The molecule has 5 nitrogen and oxygen atoms in total. The molecule has 1 aliphatic rings. The molecule has 1 fully saturated rings. The number of anilines is 1. The predicted octanol–water partition coefficient (Wildman–Crippen LogP) is 3.80. The summed E-state index contributed by atoms with van der Waals surface area (Å²) in [5.74, 6) is 0.0330. The molecule has 1 amide bonds. The van der Waals surface area contributed by atoms with Crippen molar-refractivity contribution in [3.8, 4) is 11.3 Å². The maximum Gasteiger partial charge on any atom is 0.271 e. The van der Waals surface area contributed by atoms with Gasteiger partial charge in [0.2, 0.25) is 0 Å². The van der Waals surface area contributed by atoms with Gasteiger partial charge in [0.05, 0.1) is 5.69 Å². The second-order valence-electron chi connectivity index (χ2n) is 6.60. The van der Waals surface area contributed by atoms with Crippen LogP contribution < -0.4 is 4.90 Å². The number of H-pyrrole nitrogens is 1. The first-order valence-electron chi connectivity index (χ1n) is 8.90. The van der Waals surface area contributed by atoms with E-state index in [0.29, 0.717) is 5.69 Å². The fourth-order valence-electron chi connectivity index (χ4n) is 3.44. The van der Waals surface area contributed by atoms with Crippen molar-refractivity contribution in [3.05, 3.63) is 58.4 Å². The van der Waals surface area contributed by atoms with Gasteiger partial charge in [-0.05, 0) is 42.5 Å². The van der Waals surface area contributed by atoms with E-state index >= 15 is 0 Å². The first-order valence-corrected chi connectivity index (χ1v) is 9.84. The molecule has 4 rings (SSSR count). The normalized spacial score (nSPS) is 15.1. The summed E-state index contributed by atoms with van der Waals surface area (Å²) in [7, 11) is 0. The van der Waals surface area contributed by atoms with Gasteiger partial charge in [0.15, 0.2) is 0 Å². The number of amides is 1. The zero-order chi connectivity index (χ0) is 17.9. The highest BCUT2D eigenvalue weighted by atomic mass is 32.1. The number of nitrogens with zero attached hydrogens (tertiary/aromatic N) is 3.